The van der Waals surface area contributed by atoms with Gasteiger partial charge in [0.15, 0.2) is 0 Å². The van der Waals surface area contributed by atoms with Gasteiger partial charge in [0.1, 0.15) is 6.04 Å². The van der Waals surface area contributed by atoms with Crippen LogP contribution in [-0.2, 0) is 22.6 Å². The van der Waals surface area contributed by atoms with Crippen LogP contribution in [0.1, 0.15) is 48.9 Å². The Hall–Kier alpha value is -2.62. The lowest BCUT2D eigenvalue weighted by atomic mass is 10.0. The molecular weight excluding hydrogens is 348 g/mol. The molecule has 2 aromatic carbocycles. The van der Waals surface area contributed by atoms with Crippen LogP contribution in [0.15, 0.2) is 48.5 Å². The smallest absolute Gasteiger partial charge is 0.242 e. The van der Waals surface area contributed by atoms with Gasteiger partial charge in [0.2, 0.25) is 11.8 Å². The van der Waals surface area contributed by atoms with Crippen LogP contribution < -0.4 is 5.32 Å². The molecule has 4 nitrogen and oxygen atoms in total. The van der Waals surface area contributed by atoms with Gasteiger partial charge in [-0.25, -0.2) is 0 Å². The number of benzene rings is 2. The maximum absolute atomic E-state index is 13.3. The largest absolute Gasteiger partial charge is 0.354 e. The average molecular weight is 381 g/mol. The van der Waals surface area contributed by atoms with Crippen molar-refractivity contribution >= 4 is 11.8 Å². The molecule has 0 radical (unpaired) electrons. The summed E-state index contributed by atoms with van der Waals surface area (Å²) in [6, 6.07) is 15.5. The van der Waals surface area contributed by atoms with Crippen LogP contribution in [0.2, 0.25) is 0 Å². The van der Waals surface area contributed by atoms with E-state index in [9.17, 15) is 9.59 Å². The second-order valence-electron chi connectivity index (χ2n) is 7.27. The van der Waals surface area contributed by atoms with Crippen molar-refractivity contribution in [3.63, 3.8) is 0 Å². The molecule has 1 N–H and O–H groups in total. The minimum Gasteiger partial charge on any atom is -0.354 e. The Morgan fingerprint density at radius 2 is 1.50 bits per heavy atom. The molecule has 0 spiro atoms. The molecule has 0 saturated carbocycles. The van der Waals surface area contributed by atoms with E-state index in [0.29, 0.717) is 25.9 Å². The highest BCUT2D eigenvalue weighted by atomic mass is 16.2. The molecule has 2 aromatic rings. The number of nitrogens with zero attached hydrogens (tertiary/aromatic N) is 1. The molecule has 2 amide bonds. The third kappa shape index (κ3) is 5.69. The zero-order valence-electron chi connectivity index (χ0n) is 17.5. The van der Waals surface area contributed by atoms with E-state index in [2.05, 4.69) is 5.32 Å². The summed E-state index contributed by atoms with van der Waals surface area (Å²) in [4.78, 5) is 27.8. The van der Waals surface area contributed by atoms with Gasteiger partial charge in [-0.15, -0.1) is 0 Å². The third-order valence-corrected chi connectivity index (χ3v) is 5.14. The third-order valence-electron chi connectivity index (χ3n) is 5.14. The van der Waals surface area contributed by atoms with E-state index in [1.54, 1.807) is 4.90 Å². The molecular formula is C24H32N2O2. The first kappa shape index (κ1) is 21.7. The fourth-order valence-corrected chi connectivity index (χ4v) is 3.33. The van der Waals surface area contributed by atoms with Crippen molar-refractivity contribution in [2.24, 2.45) is 0 Å². The summed E-state index contributed by atoms with van der Waals surface area (Å²) in [5.74, 6) is -0.0906. The average Bonchev–Trinajstić information content (AvgIpc) is 2.69. The predicted molar refractivity (Wildman–Crippen MR) is 114 cm³/mol. The Morgan fingerprint density at radius 3 is 2.04 bits per heavy atom. The minimum atomic E-state index is -0.470. The Balaban J connectivity index is 2.31. The van der Waals surface area contributed by atoms with Crippen molar-refractivity contribution in [2.75, 3.05) is 6.54 Å². The van der Waals surface area contributed by atoms with E-state index in [0.717, 1.165) is 28.7 Å². The van der Waals surface area contributed by atoms with Crippen molar-refractivity contribution in [3.8, 4) is 0 Å². The summed E-state index contributed by atoms with van der Waals surface area (Å²) in [5, 5.41) is 2.96. The molecule has 0 saturated heterocycles. The fraction of sp³-hybridized carbons (Fsp3) is 0.417. The van der Waals surface area contributed by atoms with Gasteiger partial charge in [0, 0.05) is 13.1 Å². The van der Waals surface area contributed by atoms with Gasteiger partial charge in [0.05, 0.1) is 6.42 Å². The SMILES string of the molecule is CCCNC(=O)[C@@H](CC)N(Cc1ccccc1C)C(=O)Cc1ccccc1C. The zero-order chi connectivity index (χ0) is 20.5. The summed E-state index contributed by atoms with van der Waals surface area (Å²) in [6.07, 6.45) is 1.76. The molecule has 1 atom stereocenters. The molecule has 2 rings (SSSR count). The van der Waals surface area contributed by atoms with Gasteiger partial charge >= 0.3 is 0 Å². The maximum Gasteiger partial charge on any atom is 0.242 e. The summed E-state index contributed by atoms with van der Waals surface area (Å²) in [7, 11) is 0. The maximum atomic E-state index is 13.3. The number of aryl methyl sites for hydroxylation is 2. The summed E-state index contributed by atoms with van der Waals surface area (Å²) in [5.41, 5.74) is 4.30. The van der Waals surface area contributed by atoms with Gasteiger partial charge in [-0.2, -0.15) is 0 Å². The van der Waals surface area contributed by atoms with E-state index in [-0.39, 0.29) is 11.8 Å². The van der Waals surface area contributed by atoms with E-state index in [1.807, 2.05) is 76.2 Å². The number of hydrogen-bond donors (Lipinski definition) is 1. The lowest BCUT2D eigenvalue weighted by Gasteiger charge is -2.31. The van der Waals surface area contributed by atoms with Crippen LogP contribution in [0, 0.1) is 13.8 Å². The van der Waals surface area contributed by atoms with Crippen molar-refractivity contribution in [3.05, 3.63) is 70.8 Å². The van der Waals surface area contributed by atoms with Gasteiger partial charge in [-0.1, -0.05) is 62.4 Å². The number of rotatable bonds is 9. The van der Waals surface area contributed by atoms with Gasteiger partial charge in [0.25, 0.3) is 0 Å². The topological polar surface area (TPSA) is 49.4 Å². The Bertz CT molecular complexity index is 801. The molecule has 0 aliphatic heterocycles. The van der Waals surface area contributed by atoms with Gasteiger partial charge < -0.3 is 10.2 Å². The molecule has 28 heavy (non-hydrogen) atoms. The van der Waals surface area contributed by atoms with E-state index in [1.165, 1.54) is 0 Å². The standard InChI is InChI=1S/C24H32N2O2/c1-5-15-25-24(28)22(6-2)26(17-21-14-10-8-12-19(21)4)23(27)16-20-13-9-7-11-18(20)3/h7-14,22H,5-6,15-17H2,1-4H3,(H,25,28)/t22-/m1/s1. The second kappa shape index (κ2) is 10.6. The molecule has 0 aliphatic carbocycles. The molecule has 0 aliphatic rings. The molecule has 0 fully saturated rings. The number of carbonyl (C=O) groups is 2. The van der Waals surface area contributed by atoms with Gasteiger partial charge in [-0.3, -0.25) is 9.59 Å². The van der Waals surface area contributed by atoms with Crippen molar-refractivity contribution in [1.29, 1.82) is 0 Å². The Kier molecular flexibility index (Phi) is 8.24. The van der Waals surface area contributed by atoms with Crippen molar-refractivity contribution in [1.82, 2.24) is 10.2 Å². The molecule has 150 valence electrons. The minimum absolute atomic E-state index is 0.0175. The summed E-state index contributed by atoms with van der Waals surface area (Å²) in [6.45, 7) is 9.10. The zero-order valence-corrected chi connectivity index (χ0v) is 17.5. The monoisotopic (exact) mass is 380 g/mol. The van der Waals surface area contributed by atoms with E-state index in [4.69, 9.17) is 0 Å². The Morgan fingerprint density at radius 1 is 0.929 bits per heavy atom. The number of hydrogen-bond acceptors (Lipinski definition) is 2. The molecule has 0 unspecified atom stereocenters. The first-order valence-corrected chi connectivity index (χ1v) is 10.1. The highest BCUT2D eigenvalue weighted by Crippen LogP contribution is 2.18. The highest BCUT2D eigenvalue weighted by Gasteiger charge is 2.28. The quantitative estimate of drug-likeness (QED) is 0.709. The molecule has 0 aromatic heterocycles. The predicted octanol–water partition coefficient (Wildman–Crippen LogP) is 4.18. The lowest BCUT2D eigenvalue weighted by molar-refractivity contribution is -0.140. The van der Waals surface area contributed by atoms with Crippen LogP contribution in [0.25, 0.3) is 0 Å². The van der Waals surface area contributed by atoms with Gasteiger partial charge in [-0.05, 0) is 48.9 Å². The normalized spacial score (nSPS) is 11.7. The van der Waals surface area contributed by atoms with Crippen molar-refractivity contribution in [2.45, 2.75) is 59.5 Å². The fourth-order valence-electron chi connectivity index (χ4n) is 3.33. The lowest BCUT2D eigenvalue weighted by Crippen LogP contribution is -2.49. The number of nitrogens with one attached hydrogen (secondary N) is 1. The first-order chi connectivity index (χ1) is 13.5. The van der Waals surface area contributed by atoms with E-state index < -0.39 is 6.04 Å². The van der Waals surface area contributed by atoms with Crippen LogP contribution in [0.3, 0.4) is 0 Å². The second-order valence-corrected chi connectivity index (χ2v) is 7.27. The highest BCUT2D eigenvalue weighted by molar-refractivity contribution is 5.88. The van der Waals surface area contributed by atoms with E-state index >= 15 is 0 Å². The molecule has 0 bridgehead atoms. The summed E-state index contributed by atoms with van der Waals surface area (Å²) >= 11 is 0. The van der Waals surface area contributed by atoms with Crippen LogP contribution in [0.5, 0.6) is 0 Å². The number of carbonyl (C=O) groups excluding carboxylic acids is 2. The van der Waals surface area contributed by atoms with Crippen LogP contribution in [-0.4, -0.2) is 29.3 Å². The first-order valence-electron chi connectivity index (χ1n) is 10.1. The van der Waals surface area contributed by atoms with Crippen LogP contribution >= 0.6 is 0 Å². The Labute approximate surface area is 169 Å². The summed E-state index contributed by atoms with van der Waals surface area (Å²) < 4.78 is 0. The van der Waals surface area contributed by atoms with Crippen molar-refractivity contribution < 1.29 is 9.59 Å². The molecule has 0 heterocycles. The van der Waals surface area contributed by atoms with Crippen LogP contribution in [0.4, 0.5) is 0 Å². The number of amides is 2. The molecule has 4 heteroatoms.